The van der Waals surface area contributed by atoms with Gasteiger partial charge in [-0.2, -0.15) is 13.2 Å². The van der Waals surface area contributed by atoms with Crippen molar-refractivity contribution in [3.63, 3.8) is 0 Å². The number of nitrogen functional groups attached to an aromatic ring is 1. The lowest BCUT2D eigenvalue weighted by atomic mass is 10.2. The van der Waals surface area contributed by atoms with Crippen LogP contribution in [0.25, 0.3) is 11.0 Å². The minimum Gasteiger partial charge on any atom is -0.394 e. The predicted octanol–water partition coefficient (Wildman–Crippen LogP) is -0.316. The molecule has 2 aromatic rings. The van der Waals surface area contributed by atoms with Crippen molar-refractivity contribution < 1.29 is 32.9 Å². The molecule has 0 aromatic carbocycles. The van der Waals surface area contributed by atoms with Gasteiger partial charge in [-0.1, -0.05) is 11.8 Å². The van der Waals surface area contributed by atoms with Crippen LogP contribution in [0, 0.1) is 11.8 Å². The second-order valence-electron chi connectivity index (χ2n) is 6.00. The van der Waals surface area contributed by atoms with E-state index in [-0.39, 0.29) is 18.8 Å². The summed E-state index contributed by atoms with van der Waals surface area (Å²) in [6.07, 6.45) is -4.33. The normalized spacial score (nSPS) is 22.1. The van der Waals surface area contributed by atoms with E-state index >= 15 is 0 Å². The minimum atomic E-state index is -4.99. The fraction of sp³-hybridized carbons (Fsp3) is 0.438. The number of fused-ring (bicyclic) bond motifs is 1. The van der Waals surface area contributed by atoms with Gasteiger partial charge in [-0.25, -0.2) is 9.97 Å². The van der Waals surface area contributed by atoms with Crippen LogP contribution in [-0.4, -0.2) is 62.2 Å². The first kappa shape index (κ1) is 19.9. The van der Waals surface area contributed by atoms with Crippen molar-refractivity contribution in [2.24, 2.45) is 0 Å². The molecule has 28 heavy (non-hydrogen) atoms. The molecule has 2 aromatic heterocycles. The summed E-state index contributed by atoms with van der Waals surface area (Å²) in [7, 11) is 0. The first-order chi connectivity index (χ1) is 13.2. The van der Waals surface area contributed by atoms with Crippen LogP contribution >= 0.6 is 0 Å². The molecule has 12 heteroatoms. The molecule has 3 heterocycles. The SMILES string of the molecule is Nc1ncnc2c1c(C#CCNC(=O)C(F)(F)F)cn2[C@H]1C[C@H](O)[C@@H](CO)O1. The zero-order chi connectivity index (χ0) is 20.5. The van der Waals surface area contributed by atoms with Crippen LogP contribution in [0.3, 0.4) is 0 Å². The number of amides is 1. The Hall–Kier alpha value is -2.88. The number of hydrogen-bond donors (Lipinski definition) is 4. The van der Waals surface area contributed by atoms with E-state index in [1.54, 1.807) is 9.88 Å². The van der Waals surface area contributed by atoms with Gasteiger partial charge in [0, 0.05) is 12.6 Å². The third-order valence-electron chi connectivity index (χ3n) is 4.15. The Bertz CT molecular complexity index is 949. The smallest absolute Gasteiger partial charge is 0.394 e. The van der Waals surface area contributed by atoms with E-state index in [9.17, 15) is 28.2 Å². The Morgan fingerprint density at radius 2 is 2.21 bits per heavy atom. The van der Waals surface area contributed by atoms with Crippen LogP contribution in [-0.2, 0) is 9.53 Å². The number of carbonyl (C=O) groups excluding carboxylic acids is 1. The molecule has 0 unspecified atom stereocenters. The molecule has 1 amide bonds. The number of nitrogens with one attached hydrogen (secondary N) is 1. The number of carbonyl (C=O) groups is 1. The lowest BCUT2D eigenvalue weighted by Crippen LogP contribution is -2.36. The quantitative estimate of drug-likeness (QED) is 0.520. The average Bonchev–Trinajstić information content (AvgIpc) is 3.18. The van der Waals surface area contributed by atoms with Crippen molar-refractivity contribution >= 4 is 22.8 Å². The van der Waals surface area contributed by atoms with Gasteiger partial charge in [-0.05, 0) is 0 Å². The number of hydrogen-bond acceptors (Lipinski definition) is 7. The summed E-state index contributed by atoms with van der Waals surface area (Å²) in [4.78, 5) is 18.8. The Labute approximate surface area is 156 Å². The van der Waals surface area contributed by atoms with Gasteiger partial charge < -0.3 is 30.6 Å². The highest BCUT2D eigenvalue weighted by Gasteiger charge is 2.38. The van der Waals surface area contributed by atoms with Gasteiger partial charge in [0.05, 0.1) is 30.2 Å². The van der Waals surface area contributed by atoms with E-state index in [0.29, 0.717) is 16.6 Å². The van der Waals surface area contributed by atoms with E-state index < -0.39 is 37.1 Å². The van der Waals surface area contributed by atoms with Crippen molar-refractivity contribution in [1.29, 1.82) is 0 Å². The molecule has 3 rings (SSSR count). The summed E-state index contributed by atoms with van der Waals surface area (Å²) in [5.41, 5.74) is 6.55. The summed E-state index contributed by atoms with van der Waals surface area (Å²) in [5, 5.41) is 21.2. The van der Waals surface area contributed by atoms with Crippen molar-refractivity contribution in [2.45, 2.75) is 31.0 Å². The minimum absolute atomic E-state index is 0.102. The lowest BCUT2D eigenvalue weighted by molar-refractivity contribution is -0.173. The number of ether oxygens (including phenoxy) is 1. The van der Waals surface area contributed by atoms with Gasteiger partial charge >= 0.3 is 12.1 Å². The number of nitrogens with zero attached hydrogens (tertiary/aromatic N) is 3. The fourth-order valence-corrected chi connectivity index (χ4v) is 2.84. The molecular formula is C16H16F3N5O4. The average molecular weight is 399 g/mol. The summed E-state index contributed by atoms with van der Waals surface area (Å²) >= 11 is 0. The maximum absolute atomic E-state index is 12.2. The zero-order valence-electron chi connectivity index (χ0n) is 14.3. The third-order valence-corrected chi connectivity index (χ3v) is 4.15. The molecule has 3 atom stereocenters. The Morgan fingerprint density at radius 1 is 1.46 bits per heavy atom. The second kappa shape index (κ2) is 7.63. The molecule has 1 aliphatic heterocycles. The summed E-state index contributed by atoms with van der Waals surface area (Å²) in [5.74, 6) is 3.07. The first-order valence-electron chi connectivity index (χ1n) is 8.11. The summed E-state index contributed by atoms with van der Waals surface area (Å²) in [6, 6.07) is 0. The van der Waals surface area contributed by atoms with Crippen LogP contribution in [0.2, 0.25) is 0 Å². The van der Waals surface area contributed by atoms with Crippen molar-refractivity contribution in [2.75, 3.05) is 18.9 Å². The van der Waals surface area contributed by atoms with Gasteiger partial charge in [0.1, 0.15) is 30.1 Å². The van der Waals surface area contributed by atoms with Gasteiger partial charge in [-0.3, -0.25) is 4.79 Å². The van der Waals surface area contributed by atoms with Gasteiger partial charge in [0.2, 0.25) is 0 Å². The number of halogens is 3. The first-order valence-corrected chi connectivity index (χ1v) is 8.11. The van der Waals surface area contributed by atoms with Crippen molar-refractivity contribution in [1.82, 2.24) is 19.9 Å². The summed E-state index contributed by atoms with van der Waals surface area (Å²) in [6.45, 7) is -0.886. The highest BCUT2D eigenvalue weighted by molar-refractivity contribution is 5.92. The zero-order valence-corrected chi connectivity index (χ0v) is 14.3. The molecule has 0 bridgehead atoms. The highest BCUT2D eigenvalue weighted by Crippen LogP contribution is 2.33. The monoisotopic (exact) mass is 399 g/mol. The van der Waals surface area contributed by atoms with Gasteiger partial charge in [-0.15, -0.1) is 0 Å². The largest absolute Gasteiger partial charge is 0.471 e. The molecule has 5 N–H and O–H groups in total. The van der Waals surface area contributed by atoms with E-state index in [2.05, 4.69) is 21.8 Å². The fourth-order valence-electron chi connectivity index (χ4n) is 2.84. The van der Waals surface area contributed by atoms with Crippen LogP contribution in [0.4, 0.5) is 19.0 Å². The number of aliphatic hydroxyl groups is 2. The number of rotatable bonds is 3. The lowest BCUT2D eigenvalue weighted by Gasteiger charge is -2.14. The molecule has 1 fully saturated rings. The van der Waals surface area contributed by atoms with Crippen LogP contribution in [0.15, 0.2) is 12.5 Å². The molecule has 0 radical (unpaired) electrons. The maximum atomic E-state index is 12.2. The van der Waals surface area contributed by atoms with E-state index in [4.69, 9.17) is 10.5 Å². The maximum Gasteiger partial charge on any atom is 0.471 e. The molecule has 1 aliphatic rings. The molecule has 0 aliphatic carbocycles. The highest BCUT2D eigenvalue weighted by atomic mass is 19.4. The van der Waals surface area contributed by atoms with E-state index in [1.807, 2.05) is 0 Å². The molecular weight excluding hydrogens is 383 g/mol. The molecule has 0 saturated carbocycles. The Kier molecular flexibility index (Phi) is 5.41. The number of anilines is 1. The standard InChI is InChI=1S/C16H16F3N5O4/c17-16(18,19)15(27)21-3-1-2-8-5-24(11-4-9(26)10(6-25)28-11)14-12(8)13(20)22-7-23-14/h5,7,9-11,25-26H,3-4,6H2,(H,21,27)(H2,20,22,23)/t9-,10+,11+/m0/s1. The predicted molar refractivity (Wildman–Crippen MR) is 89.5 cm³/mol. The molecule has 150 valence electrons. The van der Waals surface area contributed by atoms with E-state index in [1.165, 1.54) is 12.5 Å². The van der Waals surface area contributed by atoms with Crippen molar-refractivity contribution in [3.05, 3.63) is 18.1 Å². The van der Waals surface area contributed by atoms with Crippen LogP contribution < -0.4 is 11.1 Å². The number of nitrogens with two attached hydrogens (primary N) is 1. The topological polar surface area (TPSA) is 136 Å². The molecule has 1 saturated heterocycles. The van der Waals surface area contributed by atoms with Crippen LogP contribution in [0.5, 0.6) is 0 Å². The van der Waals surface area contributed by atoms with Gasteiger partial charge in [0.25, 0.3) is 0 Å². The third kappa shape index (κ3) is 3.86. The number of alkyl halides is 3. The number of aromatic nitrogens is 3. The Morgan fingerprint density at radius 3 is 2.86 bits per heavy atom. The second-order valence-corrected chi connectivity index (χ2v) is 6.00. The van der Waals surface area contributed by atoms with E-state index in [0.717, 1.165) is 0 Å². The van der Waals surface area contributed by atoms with Crippen molar-refractivity contribution in [3.8, 4) is 11.8 Å². The van der Waals surface area contributed by atoms with Crippen LogP contribution in [0.1, 0.15) is 18.2 Å². The molecule has 0 spiro atoms. The van der Waals surface area contributed by atoms with Gasteiger partial charge in [0.15, 0.2) is 0 Å². The number of aliphatic hydroxyl groups excluding tert-OH is 2. The Balaban J connectivity index is 1.88. The summed E-state index contributed by atoms with van der Waals surface area (Å²) < 4.78 is 43.7. The molecule has 9 nitrogen and oxygen atoms in total.